The Balaban J connectivity index is 2.41. The summed E-state index contributed by atoms with van der Waals surface area (Å²) in [7, 11) is 0. The van der Waals surface area contributed by atoms with Gasteiger partial charge in [-0.05, 0) is 24.0 Å². The van der Waals surface area contributed by atoms with E-state index in [0.717, 1.165) is 12.5 Å². The predicted molar refractivity (Wildman–Crippen MR) is 79.7 cm³/mol. The number of rotatable bonds is 9. The van der Waals surface area contributed by atoms with Gasteiger partial charge in [0.25, 0.3) is 0 Å². The summed E-state index contributed by atoms with van der Waals surface area (Å²) in [5.41, 5.74) is 1.40. The second-order valence-electron chi connectivity index (χ2n) is 5.67. The fourth-order valence-electron chi connectivity index (χ4n) is 2.25. The summed E-state index contributed by atoms with van der Waals surface area (Å²) in [6.45, 7) is 11.1. The summed E-state index contributed by atoms with van der Waals surface area (Å²) < 4.78 is 2.36. The molecule has 1 aromatic rings. The summed E-state index contributed by atoms with van der Waals surface area (Å²) in [5, 5.41) is 3.46. The lowest BCUT2D eigenvalue weighted by atomic mass is 9.99. The average molecular weight is 250 g/mol. The number of aromatic nitrogens is 1. The highest BCUT2D eigenvalue weighted by molar-refractivity contribution is 5.10. The first-order valence-electron chi connectivity index (χ1n) is 7.53. The van der Waals surface area contributed by atoms with Gasteiger partial charge in [-0.2, -0.15) is 0 Å². The third-order valence-electron chi connectivity index (χ3n) is 3.54. The summed E-state index contributed by atoms with van der Waals surface area (Å²) in [4.78, 5) is 0. The standard InChI is InChI=1S/C16H30N2/c1-5-7-8-15(6-2)12-18-10-9-16(13-18)11-17-14(3)4/h9-10,13-15,17H,5-8,11-12H2,1-4H3. The molecule has 0 aliphatic carbocycles. The van der Waals surface area contributed by atoms with Crippen LogP contribution in [0.5, 0.6) is 0 Å². The fraction of sp³-hybridized carbons (Fsp3) is 0.750. The minimum absolute atomic E-state index is 0.557. The maximum absolute atomic E-state index is 3.46. The smallest absolute Gasteiger partial charge is 0.0247 e. The van der Waals surface area contributed by atoms with Crippen LogP contribution in [0.2, 0.25) is 0 Å². The zero-order valence-electron chi connectivity index (χ0n) is 12.6. The molecule has 0 radical (unpaired) electrons. The zero-order valence-corrected chi connectivity index (χ0v) is 12.6. The van der Waals surface area contributed by atoms with Gasteiger partial charge in [0.05, 0.1) is 0 Å². The lowest BCUT2D eigenvalue weighted by Crippen LogP contribution is -2.21. The third-order valence-corrected chi connectivity index (χ3v) is 3.54. The van der Waals surface area contributed by atoms with Crippen molar-refractivity contribution in [3.8, 4) is 0 Å². The van der Waals surface area contributed by atoms with Crippen molar-refractivity contribution in [1.82, 2.24) is 9.88 Å². The maximum atomic E-state index is 3.46. The molecule has 104 valence electrons. The SMILES string of the molecule is CCCCC(CC)Cn1ccc(CNC(C)C)c1. The molecule has 1 heterocycles. The summed E-state index contributed by atoms with van der Waals surface area (Å²) in [5.74, 6) is 0.836. The number of nitrogens with one attached hydrogen (secondary N) is 1. The van der Waals surface area contributed by atoms with Gasteiger partial charge in [-0.15, -0.1) is 0 Å². The molecule has 2 nitrogen and oxygen atoms in total. The Morgan fingerprint density at radius 3 is 2.67 bits per heavy atom. The van der Waals surface area contributed by atoms with E-state index in [1.54, 1.807) is 0 Å². The highest BCUT2D eigenvalue weighted by atomic mass is 15.0. The molecule has 1 unspecified atom stereocenters. The first-order valence-corrected chi connectivity index (χ1v) is 7.53. The largest absolute Gasteiger partial charge is 0.354 e. The topological polar surface area (TPSA) is 17.0 Å². The van der Waals surface area contributed by atoms with Crippen LogP contribution >= 0.6 is 0 Å². The van der Waals surface area contributed by atoms with Crippen molar-refractivity contribution in [1.29, 1.82) is 0 Å². The summed E-state index contributed by atoms with van der Waals surface area (Å²) in [6, 6.07) is 2.79. The van der Waals surface area contributed by atoms with Crippen LogP contribution in [0.3, 0.4) is 0 Å². The Labute approximate surface area is 113 Å². The van der Waals surface area contributed by atoms with Crippen LogP contribution < -0.4 is 5.32 Å². The van der Waals surface area contributed by atoms with Gasteiger partial charge in [-0.25, -0.2) is 0 Å². The van der Waals surface area contributed by atoms with Crippen LogP contribution in [-0.4, -0.2) is 10.6 Å². The van der Waals surface area contributed by atoms with Gasteiger partial charge in [0, 0.05) is 31.5 Å². The normalized spacial score (nSPS) is 13.2. The Morgan fingerprint density at radius 1 is 1.28 bits per heavy atom. The van der Waals surface area contributed by atoms with Crippen molar-refractivity contribution >= 4 is 0 Å². The van der Waals surface area contributed by atoms with Crippen LogP contribution in [0.15, 0.2) is 18.5 Å². The molecular formula is C16H30N2. The van der Waals surface area contributed by atoms with E-state index in [-0.39, 0.29) is 0 Å². The van der Waals surface area contributed by atoms with Crippen molar-refractivity contribution in [2.75, 3.05) is 0 Å². The van der Waals surface area contributed by atoms with E-state index in [1.165, 1.54) is 37.8 Å². The Morgan fingerprint density at radius 2 is 2.06 bits per heavy atom. The molecule has 1 N–H and O–H groups in total. The first kappa shape index (κ1) is 15.3. The molecule has 18 heavy (non-hydrogen) atoms. The van der Waals surface area contributed by atoms with Gasteiger partial charge in [0.15, 0.2) is 0 Å². The average Bonchev–Trinajstić information content (AvgIpc) is 2.79. The molecule has 0 saturated heterocycles. The van der Waals surface area contributed by atoms with Crippen LogP contribution in [0, 0.1) is 5.92 Å². The molecule has 0 fully saturated rings. The van der Waals surface area contributed by atoms with Crippen molar-refractivity contribution in [3.63, 3.8) is 0 Å². The van der Waals surface area contributed by atoms with Gasteiger partial charge in [0.2, 0.25) is 0 Å². The lowest BCUT2D eigenvalue weighted by molar-refractivity contribution is 0.391. The molecule has 0 saturated carbocycles. The summed E-state index contributed by atoms with van der Waals surface area (Å²) >= 11 is 0. The molecule has 0 spiro atoms. The maximum Gasteiger partial charge on any atom is 0.0247 e. The summed E-state index contributed by atoms with van der Waals surface area (Å²) in [6.07, 6.45) is 9.85. The molecule has 1 aromatic heterocycles. The highest BCUT2D eigenvalue weighted by Gasteiger charge is 2.07. The first-order chi connectivity index (χ1) is 8.65. The number of nitrogens with zero attached hydrogens (tertiary/aromatic N) is 1. The van der Waals surface area contributed by atoms with Gasteiger partial charge in [0.1, 0.15) is 0 Å². The van der Waals surface area contributed by atoms with E-state index < -0.39 is 0 Å². The van der Waals surface area contributed by atoms with Crippen LogP contribution in [0.25, 0.3) is 0 Å². The second kappa shape index (κ2) is 8.36. The molecule has 0 aliphatic heterocycles. The van der Waals surface area contributed by atoms with Crippen LogP contribution in [0.4, 0.5) is 0 Å². The van der Waals surface area contributed by atoms with Crippen LogP contribution in [0.1, 0.15) is 58.9 Å². The quantitative estimate of drug-likeness (QED) is 0.695. The van der Waals surface area contributed by atoms with E-state index in [1.807, 2.05) is 0 Å². The van der Waals surface area contributed by atoms with E-state index in [9.17, 15) is 0 Å². The van der Waals surface area contributed by atoms with Gasteiger partial charge < -0.3 is 9.88 Å². The predicted octanol–water partition coefficient (Wildman–Crippen LogP) is 4.20. The molecule has 1 atom stereocenters. The molecule has 0 amide bonds. The molecule has 0 bridgehead atoms. The lowest BCUT2D eigenvalue weighted by Gasteiger charge is -2.15. The van der Waals surface area contributed by atoms with Gasteiger partial charge in [-0.1, -0.05) is 47.0 Å². The van der Waals surface area contributed by atoms with E-state index in [4.69, 9.17) is 0 Å². The zero-order chi connectivity index (χ0) is 13.4. The molecule has 2 heteroatoms. The molecule has 0 aliphatic rings. The number of unbranched alkanes of at least 4 members (excludes halogenated alkanes) is 1. The van der Waals surface area contributed by atoms with Gasteiger partial charge in [-0.3, -0.25) is 0 Å². The van der Waals surface area contributed by atoms with Crippen molar-refractivity contribution in [2.45, 2.75) is 72.5 Å². The molecule has 0 aromatic carbocycles. The van der Waals surface area contributed by atoms with E-state index in [2.05, 4.69) is 56.0 Å². The Hall–Kier alpha value is -0.760. The fourth-order valence-corrected chi connectivity index (χ4v) is 2.25. The van der Waals surface area contributed by atoms with Crippen molar-refractivity contribution in [3.05, 3.63) is 24.0 Å². The van der Waals surface area contributed by atoms with Crippen LogP contribution in [-0.2, 0) is 13.1 Å². The Kier molecular flexibility index (Phi) is 7.11. The highest BCUT2D eigenvalue weighted by Crippen LogP contribution is 2.16. The minimum Gasteiger partial charge on any atom is -0.354 e. The third kappa shape index (κ3) is 5.72. The van der Waals surface area contributed by atoms with Crippen molar-refractivity contribution in [2.24, 2.45) is 5.92 Å². The number of hydrogen-bond acceptors (Lipinski definition) is 1. The molecule has 1 rings (SSSR count). The van der Waals surface area contributed by atoms with E-state index >= 15 is 0 Å². The number of hydrogen-bond donors (Lipinski definition) is 1. The van der Waals surface area contributed by atoms with E-state index in [0.29, 0.717) is 6.04 Å². The Bertz CT molecular complexity index is 315. The molecular weight excluding hydrogens is 220 g/mol. The minimum atomic E-state index is 0.557. The van der Waals surface area contributed by atoms with Gasteiger partial charge >= 0.3 is 0 Å². The second-order valence-corrected chi connectivity index (χ2v) is 5.67. The van der Waals surface area contributed by atoms with Crippen molar-refractivity contribution < 1.29 is 0 Å². The monoisotopic (exact) mass is 250 g/mol.